The third kappa shape index (κ3) is 4.82. The van der Waals surface area contributed by atoms with Crippen LogP contribution in [0.3, 0.4) is 0 Å². The molecule has 6 nitrogen and oxygen atoms in total. The van der Waals surface area contributed by atoms with Crippen LogP contribution >= 0.6 is 0 Å². The Balaban J connectivity index is 1.60. The summed E-state index contributed by atoms with van der Waals surface area (Å²) in [6.07, 6.45) is 3.35. The number of ether oxygens (including phenoxy) is 2. The fourth-order valence-electron chi connectivity index (χ4n) is 3.52. The van der Waals surface area contributed by atoms with Crippen molar-refractivity contribution in [3.05, 3.63) is 64.7 Å². The summed E-state index contributed by atoms with van der Waals surface area (Å²) in [6, 6.07) is 11.3. The molecule has 1 aliphatic rings. The molecule has 158 valence electrons. The van der Waals surface area contributed by atoms with Crippen molar-refractivity contribution in [2.24, 2.45) is 0 Å². The Morgan fingerprint density at radius 3 is 2.20 bits per heavy atom. The normalized spacial score (nSPS) is 14.1. The quantitative estimate of drug-likeness (QED) is 0.712. The van der Waals surface area contributed by atoms with Crippen molar-refractivity contribution in [3.8, 4) is 11.5 Å². The van der Waals surface area contributed by atoms with Gasteiger partial charge in [-0.1, -0.05) is 17.7 Å². The van der Waals surface area contributed by atoms with Gasteiger partial charge in [0.1, 0.15) is 11.5 Å². The molecule has 0 aliphatic carbocycles. The number of carbonyl (C=O) groups is 2. The molecule has 0 saturated carbocycles. The van der Waals surface area contributed by atoms with E-state index >= 15 is 0 Å². The fraction of sp³-hybridized carbons (Fsp3) is 0.333. The molecule has 1 aliphatic heterocycles. The van der Waals surface area contributed by atoms with Gasteiger partial charge in [0.2, 0.25) is 5.91 Å². The topological polar surface area (TPSA) is 59.1 Å². The predicted molar refractivity (Wildman–Crippen MR) is 117 cm³/mol. The van der Waals surface area contributed by atoms with E-state index in [0.717, 1.165) is 22.4 Å². The van der Waals surface area contributed by atoms with Crippen LogP contribution in [0.25, 0.3) is 6.08 Å². The predicted octanol–water partition coefficient (Wildman–Crippen LogP) is 3.32. The average Bonchev–Trinajstić information content (AvgIpc) is 2.77. The molecule has 2 amide bonds. The lowest BCUT2D eigenvalue weighted by molar-refractivity contribution is -0.127. The number of benzene rings is 2. The second-order valence-electron chi connectivity index (χ2n) is 7.38. The Hall–Kier alpha value is -3.28. The van der Waals surface area contributed by atoms with E-state index in [0.29, 0.717) is 37.5 Å². The minimum atomic E-state index is -0.0670. The highest BCUT2D eigenvalue weighted by molar-refractivity contribution is 5.95. The average molecular weight is 408 g/mol. The zero-order valence-corrected chi connectivity index (χ0v) is 18.0. The summed E-state index contributed by atoms with van der Waals surface area (Å²) >= 11 is 0. The van der Waals surface area contributed by atoms with E-state index in [9.17, 15) is 9.59 Å². The van der Waals surface area contributed by atoms with Crippen molar-refractivity contribution in [2.75, 3.05) is 40.4 Å². The number of aryl methyl sites for hydroxylation is 2. The Labute approximate surface area is 177 Å². The van der Waals surface area contributed by atoms with Gasteiger partial charge in [-0.2, -0.15) is 0 Å². The summed E-state index contributed by atoms with van der Waals surface area (Å²) in [7, 11) is 3.21. The van der Waals surface area contributed by atoms with Crippen molar-refractivity contribution < 1.29 is 19.1 Å². The summed E-state index contributed by atoms with van der Waals surface area (Å²) < 4.78 is 10.7. The molecular formula is C24H28N2O4. The van der Waals surface area contributed by atoms with Gasteiger partial charge in [0.05, 0.1) is 14.2 Å². The molecule has 0 N–H and O–H groups in total. The largest absolute Gasteiger partial charge is 0.496 e. The van der Waals surface area contributed by atoms with Crippen LogP contribution in [0, 0.1) is 13.8 Å². The molecule has 6 heteroatoms. The van der Waals surface area contributed by atoms with Crippen LogP contribution in [0.4, 0.5) is 0 Å². The molecule has 1 saturated heterocycles. The molecule has 0 unspecified atom stereocenters. The van der Waals surface area contributed by atoms with Crippen molar-refractivity contribution in [3.63, 3.8) is 0 Å². The summed E-state index contributed by atoms with van der Waals surface area (Å²) in [5.74, 6) is 1.32. The van der Waals surface area contributed by atoms with Crippen LogP contribution in [0.2, 0.25) is 0 Å². The van der Waals surface area contributed by atoms with E-state index in [1.165, 1.54) is 0 Å². The Morgan fingerprint density at radius 2 is 1.53 bits per heavy atom. The van der Waals surface area contributed by atoms with E-state index < -0.39 is 0 Å². The second-order valence-corrected chi connectivity index (χ2v) is 7.38. The summed E-state index contributed by atoms with van der Waals surface area (Å²) in [6.45, 7) is 5.95. The van der Waals surface area contributed by atoms with Crippen molar-refractivity contribution >= 4 is 17.9 Å². The van der Waals surface area contributed by atoms with Gasteiger partial charge in [0.25, 0.3) is 5.91 Å². The monoisotopic (exact) mass is 408 g/mol. The third-order valence-corrected chi connectivity index (χ3v) is 5.32. The molecule has 0 spiro atoms. The molecule has 0 bridgehead atoms. The molecule has 2 aromatic rings. The van der Waals surface area contributed by atoms with Gasteiger partial charge in [0.15, 0.2) is 0 Å². The summed E-state index contributed by atoms with van der Waals surface area (Å²) in [4.78, 5) is 29.0. The van der Waals surface area contributed by atoms with Crippen LogP contribution < -0.4 is 9.47 Å². The zero-order chi connectivity index (χ0) is 21.7. The minimum Gasteiger partial charge on any atom is -0.496 e. The lowest BCUT2D eigenvalue weighted by atomic mass is 10.1. The van der Waals surface area contributed by atoms with Gasteiger partial charge in [0, 0.05) is 43.4 Å². The van der Waals surface area contributed by atoms with Gasteiger partial charge >= 0.3 is 0 Å². The van der Waals surface area contributed by atoms with Crippen molar-refractivity contribution in [1.29, 1.82) is 0 Å². The molecule has 2 aromatic carbocycles. The maximum absolute atomic E-state index is 12.8. The summed E-state index contributed by atoms with van der Waals surface area (Å²) in [5, 5.41) is 0. The molecule has 0 aromatic heterocycles. The van der Waals surface area contributed by atoms with Crippen molar-refractivity contribution in [2.45, 2.75) is 13.8 Å². The Morgan fingerprint density at radius 1 is 0.867 bits per heavy atom. The van der Waals surface area contributed by atoms with Gasteiger partial charge in [-0.05, 0) is 49.8 Å². The van der Waals surface area contributed by atoms with Gasteiger partial charge in [-0.25, -0.2) is 0 Å². The maximum atomic E-state index is 12.8. The Kier molecular flexibility index (Phi) is 6.77. The molecule has 3 rings (SSSR count). The number of piperazine rings is 1. The molecule has 1 fully saturated rings. The zero-order valence-electron chi connectivity index (χ0n) is 18.0. The van der Waals surface area contributed by atoms with Crippen LogP contribution in [0.15, 0.2) is 42.5 Å². The first-order chi connectivity index (χ1) is 14.4. The van der Waals surface area contributed by atoms with Crippen LogP contribution in [0.5, 0.6) is 11.5 Å². The first-order valence-corrected chi connectivity index (χ1v) is 9.98. The highest BCUT2D eigenvalue weighted by atomic mass is 16.5. The minimum absolute atomic E-state index is 0.0413. The molecule has 30 heavy (non-hydrogen) atoms. The lowest BCUT2D eigenvalue weighted by Crippen LogP contribution is -2.50. The standard InChI is InChI=1S/C24H28N2O4/c1-17-5-9-21(29-3)19(15-17)8-10-23(27)25-11-13-26(14-12-25)24(28)20-7-6-18(2)22(16-20)30-4/h5-10,15-16H,11-14H2,1-4H3/b10-8+. The SMILES string of the molecule is COc1cc(C(=O)N2CCN(C(=O)/C=C/c3cc(C)ccc3OC)CC2)ccc1C. The van der Waals surface area contributed by atoms with Crippen LogP contribution in [0.1, 0.15) is 27.0 Å². The van der Waals surface area contributed by atoms with Crippen LogP contribution in [-0.4, -0.2) is 62.0 Å². The van der Waals surface area contributed by atoms with E-state index in [1.807, 2.05) is 44.2 Å². The maximum Gasteiger partial charge on any atom is 0.254 e. The van der Waals surface area contributed by atoms with Gasteiger partial charge < -0.3 is 19.3 Å². The molecule has 1 heterocycles. The number of methoxy groups -OCH3 is 2. The van der Waals surface area contributed by atoms with Gasteiger partial charge in [-0.3, -0.25) is 9.59 Å². The van der Waals surface area contributed by atoms with E-state index in [-0.39, 0.29) is 11.8 Å². The lowest BCUT2D eigenvalue weighted by Gasteiger charge is -2.34. The number of rotatable bonds is 5. The van der Waals surface area contributed by atoms with Crippen LogP contribution in [-0.2, 0) is 4.79 Å². The molecular weight excluding hydrogens is 380 g/mol. The van der Waals surface area contributed by atoms with E-state index in [2.05, 4.69) is 0 Å². The van der Waals surface area contributed by atoms with E-state index in [4.69, 9.17) is 9.47 Å². The first kappa shape index (κ1) is 21.4. The van der Waals surface area contributed by atoms with Gasteiger partial charge in [-0.15, -0.1) is 0 Å². The number of hydrogen-bond donors (Lipinski definition) is 0. The highest BCUT2D eigenvalue weighted by Crippen LogP contribution is 2.22. The Bertz CT molecular complexity index is 960. The summed E-state index contributed by atoms with van der Waals surface area (Å²) in [5.41, 5.74) is 3.56. The highest BCUT2D eigenvalue weighted by Gasteiger charge is 2.24. The number of amides is 2. The van der Waals surface area contributed by atoms with E-state index in [1.54, 1.807) is 42.2 Å². The number of nitrogens with zero attached hydrogens (tertiary/aromatic N) is 2. The number of hydrogen-bond acceptors (Lipinski definition) is 4. The molecule has 0 atom stereocenters. The first-order valence-electron chi connectivity index (χ1n) is 9.98. The number of carbonyl (C=O) groups excluding carboxylic acids is 2. The molecule has 0 radical (unpaired) electrons. The van der Waals surface area contributed by atoms with Crippen molar-refractivity contribution in [1.82, 2.24) is 9.80 Å². The fourth-order valence-corrected chi connectivity index (χ4v) is 3.52. The second kappa shape index (κ2) is 9.48. The third-order valence-electron chi connectivity index (χ3n) is 5.32. The smallest absolute Gasteiger partial charge is 0.254 e.